The highest BCUT2D eigenvalue weighted by Gasteiger charge is 2.14. The second-order valence-corrected chi connectivity index (χ2v) is 5.25. The Morgan fingerprint density at radius 2 is 1.35 bits per heavy atom. The lowest BCUT2D eigenvalue weighted by Gasteiger charge is -2.14. The summed E-state index contributed by atoms with van der Waals surface area (Å²) >= 11 is 0. The number of ether oxygens (including phenoxy) is 5. The third kappa shape index (κ3) is 4.27. The van der Waals surface area contributed by atoms with E-state index in [0.717, 1.165) is 11.1 Å². The molecule has 0 aliphatic carbocycles. The zero-order chi connectivity index (χ0) is 19.1. The van der Waals surface area contributed by atoms with Crippen molar-refractivity contribution in [3.63, 3.8) is 0 Å². The molecule has 26 heavy (non-hydrogen) atoms. The van der Waals surface area contributed by atoms with E-state index in [1.165, 1.54) is 13.2 Å². The summed E-state index contributed by atoms with van der Waals surface area (Å²) in [6.45, 7) is 0. The molecule has 0 bridgehead atoms. The van der Waals surface area contributed by atoms with E-state index in [0.29, 0.717) is 28.6 Å². The van der Waals surface area contributed by atoms with Crippen LogP contribution in [0.4, 0.5) is 0 Å². The SMILES string of the molecule is COC(=O)/C=C(\c1cc(OC)cc(OC)c1)c1ccc(OC)c(OC)c1. The summed E-state index contributed by atoms with van der Waals surface area (Å²) in [5, 5.41) is 0. The lowest BCUT2D eigenvalue weighted by atomic mass is 9.96. The predicted octanol–water partition coefficient (Wildman–Crippen LogP) is 3.33. The van der Waals surface area contributed by atoms with Gasteiger partial charge in [0.1, 0.15) is 11.5 Å². The van der Waals surface area contributed by atoms with Crippen LogP contribution in [0.1, 0.15) is 11.1 Å². The molecule has 0 aliphatic heterocycles. The second kappa shape index (κ2) is 8.80. The van der Waals surface area contributed by atoms with Gasteiger partial charge in [-0.1, -0.05) is 6.07 Å². The number of carbonyl (C=O) groups is 1. The summed E-state index contributed by atoms with van der Waals surface area (Å²) < 4.78 is 26.1. The summed E-state index contributed by atoms with van der Waals surface area (Å²) in [5.41, 5.74) is 2.12. The quantitative estimate of drug-likeness (QED) is 0.559. The molecular formula is C20H22O6. The number of rotatable bonds is 7. The Bertz CT molecular complexity index is 788. The fourth-order valence-corrected chi connectivity index (χ4v) is 2.48. The molecule has 0 heterocycles. The zero-order valence-corrected chi connectivity index (χ0v) is 15.5. The second-order valence-electron chi connectivity index (χ2n) is 5.25. The highest BCUT2D eigenvalue weighted by atomic mass is 16.5. The summed E-state index contributed by atoms with van der Waals surface area (Å²) in [7, 11) is 7.59. The van der Waals surface area contributed by atoms with Crippen molar-refractivity contribution in [2.45, 2.75) is 0 Å². The van der Waals surface area contributed by atoms with Crippen molar-refractivity contribution < 1.29 is 28.5 Å². The number of hydrogen-bond donors (Lipinski definition) is 0. The Hall–Kier alpha value is -3.15. The Labute approximate surface area is 152 Å². The molecule has 138 valence electrons. The molecule has 6 nitrogen and oxygen atoms in total. The lowest BCUT2D eigenvalue weighted by molar-refractivity contribution is -0.134. The van der Waals surface area contributed by atoms with Gasteiger partial charge < -0.3 is 23.7 Å². The van der Waals surface area contributed by atoms with Crippen LogP contribution in [0.15, 0.2) is 42.5 Å². The fraction of sp³-hybridized carbons (Fsp3) is 0.250. The minimum absolute atomic E-state index is 0.475. The minimum Gasteiger partial charge on any atom is -0.497 e. The minimum atomic E-state index is -0.475. The first-order valence-electron chi connectivity index (χ1n) is 7.81. The van der Waals surface area contributed by atoms with E-state index in [9.17, 15) is 4.79 Å². The van der Waals surface area contributed by atoms with Crippen molar-refractivity contribution in [3.8, 4) is 23.0 Å². The topological polar surface area (TPSA) is 63.2 Å². The molecular weight excluding hydrogens is 336 g/mol. The predicted molar refractivity (Wildman–Crippen MR) is 98.2 cm³/mol. The fourth-order valence-electron chi connectivity index (χ4n) is 2.48. The molecule has 6 heteroatoms. The van der Waals surface area contributed by atoms with Gasteiger partial charge in [0.15, 0.2) is 11.5 Å². The van der Waals surface area contributed by atoms with Crippen LogP contribution >= 0.6 is 0 Å². The number of esters is 1. The van der Waals surface area contributed by atoms with Crippen LogP contribution in [0.2, 0.25) is 0 Å². The highest BCUT2D eigenvalue weighted by molar-refractivity contribution is 5.96. The third-order valence-corrected chi connectivity index (χ3v) is 3.82. The average Bonchev–Trinajstić information content (AvgIpc) is 2.70. The smallest absolute Gasteiger partial charge is 0.331 e. The summed E-state index contributed by atoms with van der Waals surface area (Å²) in [6, 6.07) is 10.8. The Morgan fingerprint density at radius 1 is 0.731 bits per heavy atom. The van der Waals surface area contributed by atoms with E-state index in [1.54, 1.807) is 46.6 Å². The van der Waals surface area contributed by atoms with Crippen LogP contribution in [0.5, 0.6) is 23.0 Å². The van der Waals surface area contributed by atoms with Crippen LogP contribution < -0.4 is 18.9 Å². The van der Waals surface area contributed by atoms with Crippen molar-refractivity contribution in [1.82, 2.24) is 0 Å². The molecule has 0 aromatic heterocycles. The molecule has 2 rings (SSSR count). The lowest BCUT2D eigenvalue weighted by Crippen LogP contribution is -2.00. The van der Waals surface area contributed by atoms with Gasteiger partial charge in [0.2, 0.25) is 0 Å². The monoisotopic (exact) mass is 358 g/mol. The third-order valence-electron chi connectivity index (χ3n) is 3.82. The highest BCUT2D eigenvalue weighted by Crippen LogP contribution is 2.35. The van der Waals surface area contributed by atoms with Gasteiger partial charge >= 0.3 is 5.97 Å². The zero-order valence-electron chi connectivity index (χ0n) is 15.5. The van der Waals surface area contributed by atoms with E-state index < -0.39 is 5.97 Å². The van der Waals surface area contributed by atoms with E-state index >= 15 is 0 Å². The average molecular weight is 358 g/mol. The van der Waals surface area contributed by atoms with E-state index in [4.69, 9.17) is 23.7 Å². The molecule has 0 saturated heterocycles. The van der Waals surface area contributed by atoms with Gasteiger partial charge in [-0.3, -0.25) is 0 Å². The van der Waals surface area contributed by atoms with Gasteiger partial charge in [0, 0.05) is 12.1 Å². The molecule has 0 radical (unpaired) electrons. The van der Waals surface area contributed by atoms with Crippen LogP contribution in [-0.4, -0.2) is 41.5 Å². The number of methoxy groups -OCH3 is 5. The van der Waals surface area contributed by atoms with Crippen molar-refractivity contribution in [2.75, 3.05) is 35.5 Å². The molecule has 2 aromatic rings. The Balaban J connectivity index is 2.66. The van der Waals surface area contributed by atoms with Crippen molar-refractivity contribution >= 4 is 11.5 Å². The van der Waals surface area contributed by atoms with Crippen molar-refractivity contribution in [3.05, 3.63) is 53.6 Å². The molecule has 0 N–H and O–H groups in total. The standard InChI is InChI=1S/C20H22O6/c1-22-15-8-14(9-16(11-15)23-2)17(12-20(21)26-5)13-6-7-18(24-3)19(10-13)25-4/h6-12H,1-5H3/b17-12-. The maximum atomic E-state index is 11.9. The molecule has 0 aliphatic rings. The summed E-state index contributed by atoms with van der Waals surface area (Å²) in [5.74, 6) is 1.88. The number of hydrogen-bond acceptors (Lipinski definition) is 6. The van der Waals surface area contributed by atoms with Gasteiger partial charge in [-0.2, -0.15) is 0 Å². The summed E-state index contributed by atoms with van der Waals surface area (Å²) in [6.07, 6.45) is 1.41. The first kappa shape index (κ1) is 19.2. The van der Waals surface area contributed by atoms with E-state index in [1.807, 2.05) is 18.2 Å². The van der Waals surface area contributed by atoms with Crippen molar-refractivity contribution in [1.29, 1.82) is 0 Å². The molecule has 0 atom stereocenters. The maximum absolute atomic E-state index is 11.9. The Kier molecular flexibility index (Phi) is 6.49. The van der Waals surface area contributed by atoms with Crippen LogP contribution in [0.3, 0.4) is 0 Å². The van der Waals surface area contributed by atoms with Crippen molar-refractivity contribution in [2.24, 2.45) is 0 Å². The maximum Gasteiger partial charge on any atom is 0.331 e. The largest absolute Gasteiger partial charge is 0.497 e. The van der Waals surface area contributed by atoms with Gasteiger partial charge in [-0.05, 0) is 41.0 Å². The van der Waals surface area contributed by atoms with Crippen LogP contribution in [-0.2, 0) is 9.53 Å². The van der Waals surface area contributed by atoms with Gasteiger partial charge in [0.05, 0.1) is 35.5 Å². The number of benzene rings is 2. The molecule has 0 spiro atoms. The molecule has 0 unspecified atom stereocenters. The molecule has 2 aromatic carbocycles. The van der Waals surface area contributed by atoms with Crippen LogP contribution in [0, 0.1) is 0 Å². The van der Waals surface area contributed by atoms with Crippen LogP contribution in [0.25, 0.3) is 5.57 Å². The summed E-state index contributed by atoms with van der Waals surface area (Å²) in [4.78, 5) is 11.9. The van der Waals surface area contributed by atoms with Gasteiger partial charge in [-0.25, -0.2) is 4.79 Å². The normalized spacial score (nSPS) is 10.9. The molecule has 0 fully saturated rings. The molecule has 0 saturated carbocycles. The Morgan fingerprint density at radius 3 is 1.85 bits per heavy atom. The number of carbonyl (C=O) groups excluding carboxylic acids is 1. The molecule has 0 amide bonds. The van der Waals surface area contributed by atoms with Gasteiger partial charge in [-0.15, -0.1) is 0 Å². The first-order chi connectivity index (χ1) is 12.6. The first-order valence-corrected chi connectivity index (χ1v) is 7.81. The van der Waals surface area contributed by atoms with Gasteiger partial charge in [0.25, 0.3) is 0 Å². The van der Waals surface area contributed by atoms with E-state index in [-0.39, 0.29) is 0 Å². The van der Waals surface area contributed by atoms with E-state index in [2.05, 4.69) is 0 Å².